The lowest BCUT2D eigenvalue weighted by Crippen LogP contribution is -2.28. The highest BCUT2D eigenvalue weighted by molar-refractivity contribution is 7.10. The topological polar surface area (TPSA) is 55.3 Å². The molecule has 0 radical (unpaired) electrons. The maximum absolute atomic E-state index is 11.8. The van der Waals surface area contributed by atoms with Crippen LogP contribution in [0.1, 0.15) is 34.5 Å². The van der Waals surface area contributed by atoms with Gasteiger partial charge in [-0.2, -0.15) is 0 Å². The molecule has 2 aromatic rings. The highest BCUT2D eigenvalue weighted by Crippen LogP contribution is 2.26. The summed E-state index contributed by atoms with van der Waals surface area (Å²) in [5.74, 6) is -0.367. The van der Waals surface area contributed by atoms with Crippen LogP contribution in [0.15, 0.2) is 30.2 Å². The highest BCUT2D eigenvalue weighted by atomic mass is 32.1. The van der Waals surface area contributed by atoms with E-state index in [4.69, 9.17) is 4.74 Å². The third kappa shape index (κ3) is 3.82. The van der Waals surface area contributed by atoms with Crippen LogP contribution in [-0.2, 0) is 11.2 Å². The predicted molar refractivity (Wildman–Crippen MR) is 86.4 cm³/mol. The van der Waals surface area contributed by atoms with Gasteiger partial charge in [-0.1, -0.05) is 0 Å². The molecule has 22 heavy (non-hydrogen) atoms. The van der Waals surface area contributed by atoms with Crippen molar-refractivity contribution >= 4 is 23.0 Å². The van der Waals surface area contributed by atoms with E-state index in [0.717, 1.165) is 19.5 Å². The first-order valence-electron chi connectivity index (χ1n) is 7.57. The summed E-state index contributed by atoms with van der Waals surface area (Å²) in [6, 6.07) is 2.22. The molecular weight excluding hydrogens is 298 g/mol. The molecular formula is C16H19N3O2S. The van der Waals surface area contributed by atoms with Crippen LogP contribution in [0.25, 0.3) is 0 Å². The van der Waals surface area contributed by atoms with Crippen molar-refractivity contribution in [1.29, 1.82) is 0 Å². The summed E-state index contributed by atoms with van der Waals surface area (Å²) in [5, 5.41) is 2.20. The van der Waals surface area contributed by atoms with Crippen LogP contribution in [0.4, 0.5) is 5.69 Å². The van der Waals surface area contributed by atoms with E-state index in [1.807, 2.05) is 0 Å². The van der Waals surface area contributed by atoms with Crippen LogP contribution in [0, 0.1) is 0 Å². The number of ether oxygens (including phenoxy) is 1. The zero-order chi connectivity index (χ0) is 15.2. The Kier molecular flexibility index (Phi) is 5.00. The minimum Gasteiger partial charge on any atom is -0.462 e. The molecule has 2 aromatic heterocycles. The normalized spacial score (nSPS) is 14.8. The zero-order valence-corrected chi connectivity index (χ0v) is 13.2. The van der Waals surface area contributed by atoms with E-state index in [1.54, 1.807) is 11.3 Å². The molecule has 1 saturated heterocycles. The van der Waals surface area contributed by atoms with Crippen molar-refractivity contribution in [3.63, 3.8) is 0 Å². The third-order valence-electron chi connectivity index (χ3n) is 3.74. The molecule has 0 spiro atoms. The molecule has 3 rings (SSSR count). The molecule has 5 nitrogen and oxygen atoms in total. The Morgan fingerprint density at radius 1 is 1.23 bits per heavy atom. The van der Waals surface area contributed by atoms with Gasteiger partial charge in [0.15, 0.2) is 0 Å². The summed E-state index contributed by atoms with van der Waals surface area (Å²) in [6.45, 7) is 2.69. The molecule has 0 unspecified atom stereocenters. The first-order chi connectivity index (χ1) is 10.8. The number of carbonyl (C=O) groups excluding carboxylic acids is 1. The van der Waals surface area contributed by atoms with Gasteiger partial charge in [-0.25, -0.2) is 14.8 Å². The van der Waals surface area contributed by atoms with Gasteiger partial charge in [0, 0.05) is 47.8 Å². The Morgan fingerprint density at radius 3 is 2.77 bits per heavy atom. The van der Waals surface area contributed by atoms with Gasteiger partial charge in [-0.05, 0) is 25.3 Å². The van der Waals surface area contributed by atoms with Crippen LogP contribution in [-0.4, -0.2) is 35.6 Å². The lowest BCUT2D eigenvalue weighted by atomic mass is 10.1. The lowest BCUT2D eigenvalue weighted by Gasteiger charge is -2.27. The first-order valence-corrected chi connectivity index (χ1v) is 8.45. The van der Waals surface area contributed by atoms with Crippen LogP contribution in [0.3, 0.4) is 0 Å². The molecule has 0 aliphatic carbocycles. The maximum Gasteiger partial charge on any atom is 0.341 e. The number of hydrogen-bond donors (Lipinski definition) is 0. The second-order valence-corrected chi connectivity index (χ2v) is 6.33. The summed E-state index contributed by atoms with van der Waals surface area (Å²) >= 11 is 1.73. The van der Waals surface area contributed by atoms with Crippen LogP contribution >= 0.6 is 11.3 Å². The standard InChI is InChI=1S/C16H19N3O2S/c20-16(13-9-17-12-18-10-13)21-7-4-15-8-14(11-22-15)19-5-2-1-3-6-19/h8-12H,1-7H2. The van der Waals surface area contributed by atoms with E-state index < -0.39 is 0 Å². The molecule has 1 aliphatic rings. The number of nitrogens with zero attached hydrogens (tertiary/aromatic N) is 3. The number of hydrogen-bond acceptors (Lipinski definition) is 6. The number of anilines is 1. The average molecular weight is 317 g/mol. The molecule has 0 amide bonds. The van der Waals surface area contributed by atoms with Gasteiger partial charge in [0.2, 0.25) is 0 Å². The van der Waals surface area contributed by atoms with E-state index >= 15 is 0 Å². The van der Waals surface area contributed by atoms with Crippen molar-refractivity contribution in [3.8, 4) is 0 Å². The molecule has 1 aliphatic heterocycles. The summed E-state index contributed by atoms with van der Waals surface area (Å²) in [6.07, 6.45) is 8.98. The minimum absolute atomic E-state index is 0.367. The van der Waals surface area contributed by atoms with Gasteiger partial charge in [0.25, 0.3) is 0 Å². The van der Waals surface area contributed by atoms with E-state index in [-0.39, 0.29) is 5.97 Å². The zero-order valence-electron chi connectivity index (χ0n) is 12.4. The molecule has 0 bridgehead atoms. The fourth-order valence-corrected chi connectivity index (χ4v) is 3.43. The van der Waals surface area contributed by atoms with Crippen LogP contribution in [0.5, 0.6) is 0 Å². The second-order valence-electron chi connectivity index (χ2n) is 5.33. The van der Waals surface area contributed by atoms with Crippen molar-refractivity contribution in [3.05, 3.63) is 40.6 Å². The Morgan fingerprint density at radius 2 is 2.00 bits per heavy atom. The highest BCUT2D eigenvalue weighted by Gasteiger charge is 2.13. The molecule has 6 heteroatoms. The Balaban J connectivity index is 1.48. The predicted octanol–water partition coefficient (Wildman–Crippen LogP) is 2.93. The van der Waals surface area contributed by atoms with E-state index in [2.05, 4.69) is 26.3 Å². The van der Waals surface area contributed by atoms with Crippen molar-refractivity contribution in [2.45, 2.75) is 25.7 Å². The van der Waals surface area contributed by atoms with Crippen molar-refractivity contribution in [2.24, 2.45) is 0 Å². The van der Waals surface area contributed by atoms with Crippen LogP contribution in [0.2, 0.25) is 0 Å². The number of piperidine rings is 1. The van der Waals surface area contributed by atoms with Gasteiger partial charge < -0.3 is 9.64 Å². The van der Waals surface area contributed by atoms with Crippen molar-refractivity contribution < 1.29 is 9.53 Å². The third-order valence-corrected chi connectivity index (χ3v) is 4.72. The van der Waals surface area contributed by atoms with Gasteiger partial charge in [-0.3, -0.25) is 0 Å². The quantitative estimate of drug-likeness (QED) is 0.794. The van der Waals surface area contributed by atoms with E-state index in [0.29, 0.717) is 12.2 Å². The Labute approximate surface area is 134 Å². The first kappa shape index (κ1) is 15.0. The SMILES string of the molecule is O=C(OCCc1cc(N2CCCCC2)cs1)c1cncnc1. The summed E-state index contributed by atoms with van der Waals surface area (Å²) in [5.41, 5.74) is 1.70. The summed E-state index contributed by atoms with van der Waals surface area (Å²) < 4.78 is 5.26. The fraction of sp³-hybridized carbons (Fsp3) is 0.438. The van der Waals surface area contributed by atoms with Gasteiger partial charge in [-0.15, -0.1) is 11.3 Å². The Bertz CT molecular complexity index is 609. The number of carbonyl (C=O) groups is 1. The van der Waals surface area contributed by atoms with Gasteiger partial charge >= 0.3 is 5.97 Å². The van der Waals surface area contributed by atoms with Crippen molar-refractivity contribution in [2.75, 3.05) is 24.6 Å². The van der Waals surface area contributed by atoms with Gasteiger partial charge in [0.05, 0.1) is 12.2 Å². The minimum atomic E-state index is -0.367. The number of esters is 1. The molecule has 0 aromatic carbocycles. The number of aromatic nitrogens is 2. The van der Waals surface area contributed by atoms with Crippen molar-refractivity contribution in [1.82, 2.24) is 9.97 Å². The molecule has 0 saturated carbocycles. The average Bonchev–Trinajstić information content (AvgIpc) is 3.05. The summed E-state index contributed by atoms with van der Waals surface area (Å²) in [7, 11) is 0. The second kappa shape index (κ2) is 7.35. The van der Waals surface area contributed by atoms with E-state index in [9.17, 15) is 4.79 Å². The van der Waals surface area contributed by atoms with Gasteiger partial charge in [0.1, 0.15) is 6.33 Å². The van der Waals surface area contributed by atoms with Crippen LogP contribution < -0.4 is 4.90 Å². The number of rotatable bonds is 5. The lowest BCUT2D eigenvalue weighted by molar-refractivity contribution is 0.0509. The Hall–Kier alpha value is -1.95. The molecule has 3 heterocycles. The molecule has 0 atom stereocenters. The molecule has 0 N–H and O–H groups in total. The molecule has 1 fully saturated rings. The largest absolute Gasteiger partial charge is 0.462 e. The maximum atomic E-state index is 11.8. The fourth-order valence-electron chi connectivity index (χ4n) is 2.55. The number of thiophene rings is 1. The summed E-state index contributed by atoms with van der Waals surface area (Å²) in [4.78, 5) is 23.1. The smallest absolute Gasteiger partial charge is 0.341 e. The van der Waals surface area contributed by atoms with E-state index in [1.165, 1.54) is 48.5 Å². The molecule has 116 valence electrons. The monoisotopic (exact) mass is 317 g/mol.